The predicted molar refractivity (Wildman–Crippen MR) is 121 cm³/mol. The lowest BCUT2D eigenvalue weighted by molar-refractivity contribution is -0.141. The van der Waals surface area contributed by atoms with Gasteiger partial charge in [-0.2, -0.15) is 18.3 Å². The van der Waals surface area contributed by atoms with E-state index >= 15 is 0 Å². The van der Waals surface area contributed by atoms with Crippen molar-refractivity contribution in [2.24, 2.45) is 0 Å². The van der Waals surface area contributed by atoms with E-state index in [4.69, 9.17) is 9.84 Å². The van der Waals surface area contributed by atoms with E-state index in [0.29, 0.717) is 17.9 Å². The van der Waals surface area contributed by atoms with E-state index in [-0.39, 0.29) is 24.5 Å². The number of benzene rings is 2. The van der Waals surface area contributed by atoms with Gasteiger partial charge in [0.15, 0.2) is 5.69 Å². The number of carboxylic acids is 1. The molecule has 184 valence electrons. The maximum absolute atomic E-state index is 13.8. The number of fused-ring (bicyclic) bond motifs is 1. The van der Waals surface area contributed by atoms with Crippen molar-refractivity contribution in [3.63, 3.8) is 0 Å². The number of aromatic carboxylic acids is 1. The number of halogens is 3. The molecule has 0 saturated heterocycles. The van der Waals surface area contributed by atoms with Crippen LogP contribution in [0.2, 0.25) is 0 Å². The van der Waals surface area contributed by atoms with Crippen LogP contribution in [-0.4, -0.2) is 40.4 Å². The highest BCUT2D eigenvalue weighted by molar-refractivity contribution is 6.01. The van der Waals surface area contributed by atoms with Crippen LogP contribution in [0.25, 0.3) is 0 Å². The smallest absolute Gasteiger partial charge is 0.436 e. The molecule has 0 radical (unpaired) electrons. The van der Waals surface area contributed by atoms with Gasteiger partial charge in [-0.3, -0.25) is 4.79 Å². The van der Waals surface area contributed by atoms with Gasteiger partial charge in [0.2, 0.25) is 0 Å². The quantitative estimate of drug-likeness (QED) is 0.520. The fourth-order valence-electron chi connectivity index (χ4n) is 4.07. The Morgan fingerprint density at radius 3 is 2.51 bits per heavy atom. The van der Waals surface area contributed by atoms with E-state index in [1.54, 1.807) is 30.0 Å². The van der Waals surface area contributed by atoms with E-state index in [0.717, 1.165) is 5.56 Å². The lowest BCUT2D eigenvalue weighted by Crippen LogP contribution is -2.31. The Bertz CT molecular complexity index is 1250. The first-order chi connectivity index (χ1) is 16.6. The largest absolute Gasteiger partial charge is 0.497 e. The molecule has 0 spiro atoms. The highest BCUT2D eigenvalue weighted by Gasteiger charge is 2.44. The summed E-state index contributed by atoms with van der Waals surface area (Å²) in [7, 11) is 1.53. The second-order valence-electron chi connectivity index (χ2n) is 8.16. The van der Waals surface area contributed by atoms with Gasteiger partial charge in [0.1, 0.15) is 17.1 Å². The van der Waals surface area contributed by atoms with Gasteiger partial charge in [0, 0.05) is 13.1 Å². The molecule has 2 N–H and O–H groups in total. The monoisotopic (exact) mass is 488 g/mol. The van der Waals surface area contributed by atoms with Gasteiger partial charge >= 0.3 is 12.1 Å². The molecule has 4 rings (SSSR count). The summed E-state index contributed by atoms with van der Waals surface area (Å²) in [4.78, 5) is 25.9. The van der Waals surface area contributed by atoms with Crippen LogP contribution < -0.4 is 15.0 Å². The number of carboxylic acid groups (broad SMARTS) is 1. The number of hydrogen-bond donors (Lipinski definition) is 2. The summed E-state index contributed by atoms with van der Waals surface area (Å²) in [5.74, 6) is -1.29. The molecule has 1 unspecified atom stereocenters. The molecule has 1 aliphatic heterocycles. The fraction of sp³-hybridized carbons (Fsp3) is 0.292. The molecular weight excluding hydrogens is 465 g/mol. The van der Waals surface area contributed by atoms with Crippen LogP contribution in [0.1, 0.15) is 50.5 Å². The number of methoxy groups -OCH3 is 1. The van der Waals surface area contributed by atoms with E-state index in [9.17, 15) is 22.8 Å². The van der Waals surface area contributed by atoms with Crippen LogP contribution in [0.4, 0.5) is 19.0 Å². The minimum atomic E-state index is -4.82. The average Bonchev–Trinajstić information content (AvgIpc) is 3.39. The highest BCUT2D eigenvalue weighted by Crippen LogP contribution is 2.39. The lowest BCUT2D eigenvalue weighted by atomic mass is 10.1. The molecule has 8 nitrogen and oxygen atoms in total. The van der Waals surface area contributed by atoms with Crippen LogP contribution >= 0.6 is 0 Å². The molecule has 0 bridgehead atoms. The summed E-state index contributed by atoms with van der Waals surface area (Å²) < 4.78 is 48.0. The van der Waals surface area contributed by atoms with Gasteiger partial charge in [0.25, 0.3) is 5.91 Å². The van der Waals surface area contributed by atoms with Crippen molar-refractivity contribution < 1.29 is 32.6 Å². The van der Waals surface area contributed by atoms with Crippen molar-refractivity contribution >= 4 is 17.7 Å². The fourth-order valence-corrected chi connectivity index (χ4v) is 4.07. The van der Waals surface area contributed by atoms with E-state index < -0.39 is 35.4 Å². The summed E-state index contributed by atoms with van der Waals surface area (Å²) in [5.41, 5.74) is -0.352. The first-order valence-electron chi connectivity index (χ1n) is 10.8. The number of carbonyl (C=O) groups excluding carboxylic acids is 1. The number of rotatable bonds is 7. The number of amides is 1. The first-order valence-corrected chi connectivity index (χ1v) is 10.8. The Morgan fingerprint density at radius 2 is 1.89 bits per heavy atom. The molecule has 1 aromatic heterocycles. The Kier molecular flexibility index (Phi) is 6.42. The van der Waals surface area contributed by atoms with Crippen molar-refractivity contribution in [3.05, 3.63) is 76.5 Å². The van der Waals surface area contributed by atoms with Gasteiger partial charge in [0.05, 0.1) is 25.3 Å². The zero-order chi connectivity index (χ0) is 25.3. The Balaban J connectivity index is 1.64. The molecule has 1 atom stereocenters. The molecule has 0 saturated carbocycles. The molecule has 0 aliphatic carbocycles. The van der Waals surface area contributed by atoms with Gasteiger partial charge in [-0.15, -0.1) is 0 Å². The van der Waals surface area contributed by atoms with Gasteiger partial charge in [-0.1, -0.05) is 24.3 Å². The first kappa shape index (κ1) is 24.1. The van der Waals surface area contributed by atoms with Gasteiger partial charge in [-0.05, 0) is 42.3 Å². The lowest BCUT2D eigenvalue weighted by Gasteiger charge is -2.21. The number of anilines is 1. The van der Waals surface area contributed by atoms with Crippen LogP contribution in [0, 0.1) is 0 Å². The summed E-state index contributed by atoms with van der Waals surface area (Å²) in [6, 6.07) is 12.3. The molecule has 1 aliphatic rings. The number of ether oxygens (including phenoxy) is 1. The van der Waals surface area contributed by atoms with Crippen LogP contribution in [0.5, 0.6) is 5.75 Å². The van der Waals surface area contributed by atoms with Crippen LogP contribution in [-0.2, 0) is 19.3 Å². The predicted octanol–water partition coefficient (Wildman–Crippen LogP) is 4.12. The number of carbonyl (C=O) groups is 2. The third-order valence-corrected chi connectivity index (χ3v) is 5.82. The zero-order valence-electron chi connectivity index (χ0n) is 19.0. The minimum Gasteiger partial charge on any atom is -0.497 e. The number of nitrogens with one attached hydrogen (secondary N) is 1. The van der Waals surface area contributed by atoms with Crippen LogP contribution in [0.15, 0.2) is 48.5 Å². The van der Waals surface area contributed by atoms with E-state index in [1.807, 2.05) is 6.07 Å². The molecule has 2 heterocycles. The standard InChI is InChI=1S/C24H23F3N4O4/c1-14(16-6-8-17(9-7-16)23(33)34)28-21(32)19-20(24(25,26)27)29-31-11-10-30(22(19)31)13-15-4-3-5-18(12-15)35-2/h3-9,12,14H,10-11,13H2,1-2H3,(H,28,32)(H,33,34). The van der Waals surface area contributed by atoms with Crippen molar-refractivity contribution in [1.29, 1.82) is 0 Å². The highest BCUT2D eigenvalue weighted by atomic mass is 19.4. The molecule has 0 fully saturated rings. The van der Waals surface area contributed by atoms with Crippen LogP contribution in [0.3, 0.4) is 0 Å². The number of nitrogens with zero attached hydrogens (tertiary/aromatic N) is 3. The van der Waals surface area contributed by atoms with E-state index in [1.165, 1.54) is 36.1 Å². The summed E-state index contributed by atoms with van der Waals surface area (Å²) in [6.45, 7) is 2.48. The third kappa shape index (κ3) is 4.93. The second kappa shape index (κ2) is 9.32. The maximum atomic E-state index is 13.8. The van der Waals surface area contributed by atoms with Crippen molar-refractivity contribution in [2.75, 3.05) is 18.6 Å². The molecular formula is C24H23F3N4O4. The number of hydrogen-bond acceptors (Lipinski definition) is 5. The molecule has 1 amide bonds. The summed E-state index contributed by atoms with van der Waals surface area (Å²) in [6.07, 6.45) is -4.82. The average molecular weight is 488 g/mol. The number of aromatic nitrogens is 2. The normalized spacial score (nSPS) is 13.9. The minimum absolute atomic E-state index is 0.0641. The zero-order valence-corrected chi connectivity index (χ0v) is 19.0. The molecule has 11 heteroatoms. The Labute approximate surface area is 198 Å². The van der Waals surface area contributed by atoms with Crippen molar-refractivity contribution in [2.45, 2.75) is 32.2 Å². The topological polar surface area (TPSA) is 96.7 Å². The molecule has 2 aromatic carbocycles. The molecule has 35 heavy (non-hydrogen) atoms. The third-order valence-electron chi connectivity index (χ3n) is 5.82. The summed E-state index contributed by atoms with van der Waals surface area (Å²) in [5, 5.41) is 15.4. The second-order valence-corrected chi connectivity index (χ2v) is 8.16. The van der Waals surface area contributed by atoms with E-state index in [2.05, 4.69) is 10.4 Å². The van der Waals surface area contributed by atoms with Crippen molar-refractivity contribution in [1.82, 2.24) is 15.1 Å². The molecule has 3 aromatic rings. The maximum Gasteiger partial charge on any atom is 0.436 e. The Morgan fingerprint density at radius 1 is 1.17 bits per heavy atom. The Hall–Kier alpha value is -4.02. The SMILES string of the molecule is COc1cccc(CN2CCn3nc(C(F)(F)F)c(C(=O)NC(C)c4ccc(C(=O)O)cc4)c32)c1. The van der Waals surface area contributed by atoms with Crippen molar-refractivity contribution in [3.8, 4) is 5.75 Å². The summed E-state index contributed by atoms with van der Waals surface area (Å²) >= 11 is 0. The number of alkyl halides is 3. The van der Waals surface area contributed by atoms with Gasteiger partial charge in [-0.25, -0.2) is 9.48 Å². The van der Waals surface area contributed by atoms with Gasteiger partial charge < -0.3 is 20.1 Å².